The van der Waals surface area contributed by atoms with E-state index in [1.165, 1.54) is 17.7 Å². The van der Waals surface area contributed by atoms with Gasteiger partial charge in [0.2, 0.25) is 0 Å². The Labute approximate surface area is 67.8 Å². The Balaban J connectivity index is 3.03. The van der Waals surface area contributed by atoms with Gasteiger partial charge in [-0.1, -0.05) is 11.6 Å². The highest BCUT2D eigenvalue weighted by atomic mass is 35.5. The molecule has 11 heavy (non-hydrogen) atoms. The molecule has 0 aliphatic heterocycles. The standard InChI is InChI=1S/C6H5ClN2O2/c7-5-4(6(10)9-11)2-1-3-8-5/h1-3,11H,(H,9,10). The first-order valence-corrected chi connectivity index (χ1v) is 3.18. The van der Waals surface area contributed by atoms with Gasteiger partial charge in [0.15, 0.2) is 0 Å². The number of nitrogens with zero attached hydrogens (tertiary/aromatic N) is 1. The van der Waals surface area contributed by atoms with Crippen LogP contribution in [0.25, 0.3) is 0 Å². The summed E-state index contributed by atoms with van der Waals surface area (Å²) in [5.41, 5.74) is 1.61. The van der Waals surface area contributed by atoms with E-state index in [0.29, 0.717) is 0 Å². The molecule has 0 aliphatic carbocycles. The number of hydrogen-bond donors (Lipinski definition) is 2. The molecule has 2 N–H and O–H groups in total. The molecule has 1 aromatic rings. The van der Waals surface area contributed by atoms with Gasteiger partial charge >= 0.3 is 0 Å². The molecule has 0 spiro atoms. The smallest absolute Gasteiger partial charge is 0.277 e. The number of carbonyl (C=O) groups is 1. The third-order valence-corrected chi connectivity index (χ3v) is 1.41. The summed E-state index contributed by atoms with van der Waals surface area (Å²) < 4.78 is 0. The van der Waals surface area contributed by atoms with Crippen molar-refractivity contribution in [3.8, 4) is 0 Å². The van der Waals surface area contributed by atoms with E-state index in [1.54, 1.807) is 6.07 Å². The molecule has 1 aromatic heterocycles. The maximum Gasteiger partial charge on any atom is 0.277 e. The predicted octanol–water partition coefficient (Wildman–Crippen LogP) is 0.854. The van der Waals surface area contributed by atoms with E-state index >= 15 is 0 Å². The molecule has 0 radical (unpaired) electrons. The first-order chi connectivity index (χ1) is 5.25. The molecule has 0 saturated heterocycles. The maximum atomic E-state index is 10.7. The lowest BCUT2D eigenvalue weighted by Crippen LogP contribution is -2.19. The molecule has 4 nitrogen and oxygen atoms in total. The molecular formula is C6H5ClN2O2. The summed E-state index contributed by atoms with van der Waals surface area (Å²) in [6.07, 6.45) is 1.45. The van der Waals surface area contributed by atoms with Crippen LogP contribution in [-0.2, 0) is 0 Å². The van der Waals surface area contributed by atoms with Gasteiger partial charge in [0.25, 0.3) is 5.91 Å². The number of halogens is 1. The van der Waals surface area contributed by atoms with Crippen LogP contribution in [0.15, 0.2) is 18.3 Å². The fourth-order valence-electron chi connectivity index (χ4n) is 0.616. The van der Waals surface area contributed by atoms with E-state index < -0.39 is 5.91 Å². The number of amides is 1. The lowest BCUT2D eigenvalue weighted by atomic mass is 10.3. The molecule has 1 amide bonds. The number of hydrogen-bond acceptors (Lipinski definition) is 3. The Morgan fingerprint density at radius 1 is 1.73 bits per heavy atom. The minimum atomic E-state index is -0.664. The highest BCUT2D eigenvalue weighted by Gasteiger charge is 2.07. The number of aromatic nitrogens is 1. The fourth-order valence-corrected chi connectivity index (χ4v) is 0.821. The molecule has 0 saturated carbocycles. The number of pyridine rings is 1. The number of nitrogens with one attached hydrogen (secondary N) is 1. The molecule has 0 aromatic carbocycles. The maximum absolute atomic E-state index is 10.7. The minimum absolute atomic E-state index is 0.0686. The molecule has 0 unspecified atom stereocenters. The van der Waals surface area contributed by atoms with Crippen LogP contribution >= 0.6 is 11.6 Å². The Hall–Kier alpha value is -1.13. The zero-order valence-electron chi connectivity index (χ0n) is 5.41. The molecule has 0 fully saturated rings. The summed E-state index contributed by atoms with van der Waals surface area (Å²) >= 11 is 5.51. The Morgan fingerprint density at radius 2 is 2.45 bits per heavy atom. The van der Waals surface area contributed by atoms with E-state index in [0.717, 1.165) is 0 Å². The van der Waals surface area contributed by atoms with Gasteiger partial charge in [0.05, 0.1) is 5.56 Å². The SMILES string of the molecule is O=C(NO)c1cccnc1Cl. The zero-order chi connectivity index (χ0) is 8.27. The monoisotopic (exact) mass is 172 g/mol. The van der Waals surface area contributed by atoms with Crippen LogP contribution < -0.4 is 5.48 Å². The average molecular weight is 173 g/mol. The molecule has 0 atom stereocenters. The van der Waals surface area contributed by atoms with Gasteiger partial charge in [-0.25, -0.2) is 10.5 Å². The van der Waals surface area contributed by atoms with Crippen LogP contribution in [0.2, 0.25) is 5.15 Å². The molecule has 5 heteroatoms. The van der Waals surface area contributed by atoms with E-state index in [1.807, 2.05) is 0 Å². The summed E-state index contributed by atoms with van der Waals surface area (Å²) in [7, 11) is 0. The first-order valence-electron chi connectivity index (χ1n) is 2.80. The topological polar surface area (TPSA) is 62.2 Å². The second kappa shape index (κ2) is 3.32. The van der Waals surface area contributed by atoms with Crippen LogP contribution in [0.4, 0.5) is 0 Å². The van der Waals surface area contributed by atoms with E-state index in [2.05, 4.69) is 4.98 Å². The normalized spacial score (nSPS) is 9.27. The van der Waals surface area contributed by atoms with Crippen molar-refractivity contribution in [3.63, 3.8) is 0 Å². The molecule has 0 aliphatic rings. The van der Waals surface area contributed by atoms with Gasteiger partial charge in [-0.2, -0.15) is 0 Å². The first kappa shape index (κ1) is 7.97. The molecule has 0 bridgehead atoms. The average Bonchev–Trinajstić information content (AvgIpc) is 2.04. The summed E-state index contributed by atoms with van der Waals surface area (Å²) in [6, 6.07) is 3.01. The van der Waals surface area contributed by atoms with E-state index in [4.69, 9.17) is 16.8 Å². The Bertz CT molecular complexity index is 277. The van der Waals surface area contributed by atoms with Crippen molar-refractivity contribution < 1.29 is 10.0 Å². The van der Waals surface area contributed by atoms with Gasteiger partial charge in [-0.15, -0.1) is 0 Å². The largest absolute Gasteiger partial charge is 0.288 e. The van der Waals surface area contributed by atoms with Gasteiger partial charge in [0.1, 0.15) is 5.15 Å². The van der Waals surface area contributed by atoms with Gasteiger partial charge in [0, 0.05) is 6.20 Å². The van der Waals surface area contributed by atoms with Crippen molar-refractivity contribution in [1.82, 2.24) is 10.5 Å². The lowest BCUT2D eigenvalue weighted by molar-refractivity contribution is 0.0706. The van der Waals surface area contributed by atoms with Crippen molar-refractivity contribution in [2.24, 2.45) is 0 Å². The lowest BCUT2D eigenvalue weighted by Gasteiger charge is -1.98. The quantitative estimate of drug-likeness (QED) is 0.375. The van der Waals surface area contributed by atoms with Crippen molar-refractivity contribution in [2.75, 3.05) is 0 Å². The van der Waals surface area contributed by atoms with Crippen LogP contribution in [0, 0.1) is 0 Å². The zero-order valence-corrected chi connectivity index (χ0v) is 6.17. The molecule has 1 heterocycles. The Kier molecular flexibility index (Phi) is 2.40. The predicted molar refractivity (Wildman–Crippen MR) is 38.5 cm³/mol. The third-order valence-electron chi connectivity index (χ3n) is 1.11. The van der Waals surface area contributed by atoms with Gasteiger partial charge < -0.3 is 0 Å². The van der Waals surface area contributed by atoms with E-state index in [-0.39, 0.29) is 10.7 Å². The van der Waals surface area contributed by atoms with Crippen LogP contribution in [0.1, 0.15) is 10.4 Å². The highest BCUT2D eigenvalue weighted by molar-refractivity contribution is 6.32. The van der Waals surface area contributed by atoms with Crippen molar-refractivity contribution in [3.05, 3.63) is 29.0 Å². The van der Waals surface area contributed by atoms with Gasteiger partial charge in [-0.3, -0.25) is 10.0 Å². The summed E-state index contributed by atoms with van der Waals surface area (Å²) in [5.74, 6) is -0.664. The summed E-state index contributed by atoms with van der Waals surface area (Å²) in [4.78, 5) is 14.4. The fraction of sp³-hybridized carbons (Fsp3) is 0. The van der Waals surface area contributed by atoms with Crippen LogP contribution in [-0.4, -0.2) is 16.1 Å². The highest BCUT2D eigenvalue weighted by Crippen LogP contribution is 2.10. The third kappa shape index (κ3) is 1.66. The second-order valence-electron chi connectivity index (χ2n) is 1.78. The summed E-state index contributed by atoms with van der Waals surface area (Å²) in [6.45, 7) is 0. The van der Waals surface area contributed by atoms with E-state index in [9.17, 15) is 4.79 Å². The minimum Gasteiger partial charge on any atom is -0.288 e. The van der Waals surface area contributed by atoms with Crippen LogP contribution in [0.5, 0.6) is 0 Å². The molecule has 1 rings (SSSR count). The summed E-state index contributed by atoms with van der Waals surface area (Å²) in [5, 5.41) is 8.30. The van der Waals surface area contributed by atoms with Crippen molar-refractivity contribution >= 4 is 17.5 Å². The number of hydroxylamine groups is 1. The van der Waals surface area contributed by atoms with Crippen molar-refractivity contribution in [2.45, 2.75) is 0 Å². The second-order valence-corrected chi connectivity index (χ2v) is 2.14. The van der Waals surface area contributed by atoms with Crippen molar-refractivity contribution in [1.29, 1.82) is 0 Å². The number of carbonyl (C=O) groups excluding carboxylic acids is 1. The van der Waals surface area contributed by atoms with Crippen LogP contribution in [0.3, 0.4) is 0 Å². The molecule has 58 valence electrons. The molecular weight excluding hydrogens is 168 g/mol. The van der Waals surface area contributed by atoms with Gasteiger partial charge in [-0.05, 0) is 12.1 Å². The number of rotatable bonds is 1. The Morgan fingerprint density at radius 3 is 3.00 bits per heavy atom.